The van der Waals surface area contributed by atoms with Gasteiger partial charge in [-0.2, -0.15) is 0 Å². The van der Waals surface area contributed by atoms with Crippen molar-refractivity contribution in [3.63, 3.8) is 0 Å². The first-order valence-electron chi connectivity index (χ1n) is 5.97. The number of rotatable bonds is 5. The molecule has 0 rings (SSSR count). The molecule has 0 aromatic heterocycles. The molecule has 0 aliphatic heterocycles. The molecule has 0 amide bonds. The van der Waals surface area contributed by atoms with Gasteiger partial charge in [0.1, 0.15) is 0 Å². The molecule has 110 valence electrons. The van der Waals surface area contributed by atoms with E-state index in [1.165, 1.54) is 0 Å². The average molecular weight is 391 g/mol. The predicted molar refractivity (Wildman–Crippen MR) is 88.6 cm³/mol. The van der Waals surface area contributed by atoms with Crippen molar-refractivity contribution in [1.29, 1.82) is 0 Å². The van der Waals surface area contributed by atoms with E-state index < -0.39 is 9.84 Å². The van der Waals surface area contributed by atoms with Gasteiger partial charge >= 0.3 is 0 Å². The van der Waals surface area contributed by atoms with Crippen LogP contribution in [0.15, 0.2) is 4.99 Å². The van der Waals surface area contributed by atoms with E-state index >= 15 is 0 Å². The van der Waals surface area contributed by atoms with Crippen LogP contribution in [0.1, 0.15) is 34.6 Å². The molecule has 7 heteroatoms. The van der Waals surface area contributed by atoms with Gasteiger partial charge in [0, 0.05) is 17.8 Å². The highest BCUT2D eigenvalue weighted by Crippen LogP contribution is 1.98. The minimum Gasteiger partial charge on any atom is -0.357 e. The predicted octanol–water partition coefficient (Wildman–Crippen LogP) is 1.39. The van der Waals surface area contributed by atoms with Gasteiger partial charge < -0.3 is 10.6 Å². The second kappa shape index (κ2) is 8.95. The molecule has 0 aromatic carbocycles. The zero-order valence-corrected chi connectivity index (χ0v) is 15.1. The Morgan fingerprint density at radius 3 is 2.17 bits per heavy atom. The highest BCUT2D eigenvalue weighted by molar-refractivity contribution is 14.0. The molecule has 0 aliphatic carbocycles. The summed E-state index contributed by atoms with van der Waals surface area (Å²) in [6.07, 6.45) is 0. The van der Waals surface area contributed by atoms with Crippen LogP contribution in [0.2, 0.25) is 0 Å². The van der Waals surface area contributed by atoms with Crippen molar-refractivity contribution in [1.82, 2.24) is 10.6 Å². The van der Waals surface area contributed by atoms with Crippen molar-refractivity contribution in [2.24, 2.45) is 4.99 Å². The number of hydrogen-bond acceptors (Lipinski definition) is 3. The van der Waals surface area contributed by atoms with Crippen molar-refractivity contribution >= 4 is 39.8 Å². The van der Waals surface area contributed by atoms with Crippen LogP contribution in [0.4, 0.5) is 0 Å². The first-order chi connectivity index (χ1) is 7.70. The minimum absolute atomic E-state index is 0. The van der Waals surface area contributed by atoms with E-state index in [0.29, 0.717) is 12.5 Å². The third-order valence-electron chi connectivity index (χ3n) is 1.95. The molecule has 0 aromatic rings. The molecule has 0 unspecified atom stereocenters. The summed E-state index contributed by atoms with van der Waals surface area (Å²) in [5.74, 6) is 0.932. The summed E-state index contributed by atoms with van der Waals surface area (Å²) in [6.45, 7) is 10.8. The lowest BCUT2D eigenvalue weighted by molar-refractivity contribution is 0.502. The Hall–Kier alpha value is -0.0500. The second-order valence-electron chi connectivity index (χ2n) is 4.87. The van der Waals surface area contributed by atoms with Crippen LogP contribution in [0.3, 0.4) is 0 Å². The molecule has 18 heavy (non-hydrogen) atoms. The van der Waals surface area contributed by atoms with Gasteiger partial charge in [-0.3, -0.25) is 4.99 Å². The third-order valence-corrected chi connectivity index (χ3v) is 3.63. The van der Waals surface area contributed by atoms with E-state index in [1.807, 2.05) is 27.7 Å². The largest absolute Gasteiger partial charge is 0.357 e. The topological polar surface area (TPSA) is 70.6 Å². The van der Waals surface area contributed by atoms with Crippen LogP contribution in [-0.4, -0.2) is 44.5 Å². The summed E-state index contributed by atoms with van der Waals surface area (Å²) in [5, 5.41) is 6.29. The summed E-state index contributed by atoms with van der Waals surface area (Å²) in [4.78, 5) is 4.25. The van der Waals surface area contributed by atoms with E-state index in [9.17, 15) is 8.42 Å². The van der Waals surface area contributed by atoms with Crippen LogP contribution in [-0.2, 0) is 9.84 Å². The van der Waals surface area contributed by atoms with Crippen molar-refractivity contribution in [3.8, 4) is 0 Å². The SMILES string of the molecule is CCNC(=NCCS(=O)(=O)CC)NC(C)(C)C.I. The molecule has 0 heterocycles. The molecular weight excluding hydrogens is 365 g/mol. The monoisotopic (exact) mass is 391 g/mol. The van der Waals surface area contributed by atoms with Gasteiger partial charge in [-0.1, -0.05) is 6.92 Å². The Labute approximate surface area is 128 Å². The summed E-state index contributed by atoms with van der Waals surface area (Å²) in [5.41, 5.74) is -0.0926. The van der Waals surface area contributed by atoms with Crippen molar-refractivity contribution < 1.29 is 8.42 Å². The quantitative estimate of drug-likeness (QED) is 0.422. The molecule has 0 spiro atoms. The van der Waals surface area contributed by atoms with Gasteiger partial charge in [0.2, 0.25) is 0 Å². The maximum Gasteiger partial charge on any atom is 0.191 e. The zero-order valence-electron chi connectivity index (χ0n) is 11.9. The van der Waals surface area contributed by atoms with Gasteiger partial charge in [-0.05, 0) is 27.7 Å². The highest BCUT2D eigenvalue weighted by atomic mass is 127. The van der Waals surface area contributed by atoms with Gasteiger partial charge in [-0.25, -0.2) is 8.42 Å². The second-order valence-corrected chi connectivity index (χ2v) is 7.34. The van der Waals surface area contributed by atoms with E-state index in [-0.39, 0.29) is 41.0 Å². The Balaban J connectivity index is 0. The van der Waals surface area contributed by atoms with Crippen LogP contribution in [0.5, 0.6) is 0 Å². The molecule has 0 saturated carbocycles. The Morgan fingerprint density at radius 2 is 1.78 bits per heavy atom. The van der Waals surface area contributed by atoms with Crippen molar-refractivity contribution in [2.75, 3.05) is 24.6 Å². The number of halogens is 1. The summed E-state index contributed by atoms with van der Waals surface area (Å²) in [7, 11) is -2.94. The van der Waals surface area contributed by atoms with Gasteiger partial charge in [-0.15, -0.1) is 24.0 Å². The van der Waals surface area contributed by atoms with Crippen LogP contribution in [0.25, 0.3) is 0 Å². The summed E-state index contributed by atoms with van der Waals surface area (Å²) >= 11 is 0. The highest BCUT2D eigenvalue weighted by Gasteiger charge is 2.12. The van der Waals surface area contributed by atoms with Crippen LogP contribution >= 0.6 is 24.0 Å². The summed E-state index contributed by atoms with van der Waals surface area (Å²) in [6, 6.07) is 0. The lowest BCUT2D eigenvalue weighted by Crippen LogP contribution is -2.47. The fourth-order valence-corrected chi connectivity index (χ4v) is 1.76. The Morgan fingerprint density at radius 1 is 1.22 bits per heavy atom. The lowest BCUT2D eigenvalue weighted by Gasteiger charge is -2.23. The Kier molecular flexibility index (Phi) is 10.1. The number of nitrogens with zero attached hydrogens (tertiary/aromatic N) is 1. The van der Waals surface area contributed by atoms with Crippen LogP contribution < -0.4 is 10.6 Å². The molecule has 0 bridgehead atoms. The fourth-order valence-electron chi connectivity index (χ4n) is 1.10. The molecular formula is C11H26IN3O2S. The number of aliphatic imine (C=N–C) groups is 1. The molecule has 0 fully saturated rings. The molecule has 0 atom stereocenters. The van der Waals surface area contributed by atoms with E-state index in [0.717, 1.165) is 6.54 Å². The standard InChI is InChI=1S/C11H25N3O2S.HI/c1-6-12-10(14-11(3,4)5)13-8-9-17(15,16)7-2;/h6-9H2,1-5H3,(H2,12,13,14);1H. The van der Waals surface area contributed by atoms with E-state index in [1.54, 1.807) is 6.92 Å². The average Bonchev–Trinajstić information content (AvgIpc) is 2.15. The van der Waals surface area contributed by atoms with Crippen LogP contribution in [0, 0.1) is 0 Å². The Bertz CT molecular complexity index is 348. The first kappa shape index (κ1) is 20.3. The number of guanidine groups is 1. The molecule has 0 radical (unpaired) electrons. The first-order valence-corrected chi connectivity index (χ1v) is 7.79. The molecule has 0 aliphatic rings. The maximum atomic E-state index is 11.3. The smallest absolute Gasteiger partial charge is 0.191 e. The number of hydrogen-bond donors (Lipinski definition) is 2. The fraction of sp³-hybridized carbons (Fsp3) is 0.909. The zero-order chi connectivity index (χ0) is 13.5. The molecule has 2 N–H and O–H groups in total. The lowest BCUT2D eigenvalue weighted by atomic mass is 10.1. The summed E-state index contributed by atoms with van der Waals surface area (Å²) < 4.78 is 22.6. The number of sulfone groups is 1. The van der Waals surface area contributed by atoms with E-state index in [4.69, 9.17) is 0 Å². The van der Waals surface area contributed by atoms with Gasteiger partial charge in [0.15, 0.2) is 15.8 Å². The normalized spacial score (nSPS) is 12.8. The molecule has 5 nitrogen and oxygen atoms in total. The molecule has 0 saturated heterocycles. The van der Waals surface area contributed by atoms with E-state index in [2.05, 4.69) is 15.6 Å². The van der Waals surface area contributed by atoms with Crippen molar-refractivity contribution in [2.45, 2.75) is 40.2 Å². The van der Waals surface area contributed by atoms with Gasteiger partial charge in [0.25, 0.3) is 0 Å². The van der Waals surface area contributed by atoms with Gasteiger partial charge in [0.05, 0.1) is 12.3 Å². The third kappa shape index (κ3) is 11.1. The minimum atomic E-state index is -2.94. The maximum absolute atomic E-state index is 11.3. The van der Waals surface area contributed by atoms with Crippen molar-refractivity contribution in [3.05, 3.63) is 0 Å². The number of nitrogens with one attached hydrogen (secondary N) is 2.